The van der Waals surface area contributed by atoms with Crippen LogP contribution in [0.1, 0.15) is 48.1 Å². The van der Waals surface area contributed by atoms with Crippen molar-refractivity contribution >= 4 is 23.6 Å². The normalized spacial score (nSPS) is 11.8. The van der Waals surface area contributed by atoms with E-state index in [0.717, 1.165) is 16.9 Å². The molecule has 0 aliphatic rings. The molecule has 0 aliphatic carbocycles. The summed E-state index contributed by atoms with van der Waals surface area (Å²) in [7, 11) is 0. The van der Waals surface area contributed by atoms with E-state index in [1.807, 2.05) is 39.0 Å². The molecule has 1 unspecified atom stereocenters. The molecule has 4 nitrogen and oxygen atoms in total. The fraction of sp³-hybridized carbons (Fsp3) is 0.440. The average molecular weight is 427 g/mol. The van der Waals surface area contributed by atoms with E-state index in [2.05, 4.69) is 43.4 Å². The number of nitrogens with zero attached hydrogens (tertiary/aromatic N) is 1. The minimum atomic E-state index is -0.459. The van der Waals surface area contributed by atoms with E-state index in [-0.39, 0.29) is 11.8 Å². The van der Waals surface area contributed by atoms with E-state index >= 15 is 0 Å². The van der Waals surface area contributed by atoms with Gasteiger partial charge in [0.2, 0.25) is 11.8 Å². The van der Waals surface area contributed by atoms with Crippen molar-refractivity contribution in [1.29, 1.82) is 0 Å². The van der Waals surface area contributed by atoms with Crippen LogP contribution in [0.4, 0.5) is 0 Å². The Labute approximate surface area is 185 Å². The first-order valence-electron chi connectivity index (χ1n) is 10.6. The largest absolute Gasteiger partial charge is 0.355 e. The quantitative estimate of drug-likeness (QED) is 0.594. The first-order valence-corrected chi connectivity index (χ1v) is 11.8. The highest BCUT2D eigenvalue weighted by Crippen LogP contribution is 2.19. The van der Waals surface area contributed by atoms with Crippen LogP contribution in [0.2, 0.25) is 0 Å². The average Bonchev–Trinajstić information content (AvgIpc) is 2.67. The Kier molecular flexibility index (Phi) is 9.44. The van der Waals surface area contributed by atoms with Gasteiger partial charge in [-0.2, -0.15) is 0 Å². The Morgan fingerprint density at radius 1 is 0.967 bits per heavy atom. The van der Waals surface area contributed by atoms with Crippen molar-refractivity contribution in [3.05, 3.63) is 70.3 Å². The van der Waals surface area contributed by atoms with E-state index in [9.17, 15) is 9.59 Å². The maximum Gasteiger partial charge on any atom is 0.242 e. The van der Waals surface area contributed by atoms with Crippen molar-refractivity contribution in [2.75, 3.05) is 12.3 Å². The fourth-order valence-electron chi connectivity index (χ4n) is 3.71. The van der Waals surface area contributed by atoms with Gasteiger partial charge >= 0.3 is 0 Å². The standard InChI is InChI=1S/C25H34N2O2S/c1-6-23(25(29)26-7-2)27(15-21-10-8-9-18(3)12-21)24(28)17-30-16-22-13-19(4)11-20(5)14-22/h8-14,23H,6-7,15-17H2,1-5H3,(H,26,29). The van der Waals surface area contributed by atoms with E-state index in [1.165, 1.54) is 16.7 Å². The van der Waals surface area contributed by atoms with Crippen molar-refractivity contribution in [2.24, 2.45) is 0 Å². The van der Waals surface area contributed by atoms with Gasteiger partial charge in [-0.15, -0.1) is 11.8 Å². The fourth-order valence-corrected chi connectivity index (χ4v) is 4.56. The van der Waals surface area contributed by atoms with Gasteiger partial charge in [-0.25, -0.2) is 0 Å². The molecule has 2 rings (SSSR count). The van der Waals surface area contributed by atoms with Crippen LogP contribution >= 0.6 is 11.8 Å². The van der Waals surface area contributed by atoms with E-state index in [0.29, 0.717) is 25.3 Å². The van der Waals surface area contributed by atoms with Crippen molar-refractivity contribution in [3.63, 3.8) is 0 Å². The Bertz CT molecular complexity index is 846. The summed E-state index contributed by atoms with van der Waals surface area (Å²) in [5, 5.41) is 2.88. The molecule has 0 bridgehead atoms. The molecular weight excluding hydrogens is 392 g/mol. The minimum absolute atomic E-state index is 0.00369. The Balaban J connectivity index is 2.12. The van der Waals surface area contributed by atoms with Crippen molar-refractivity contribution in [1.82, 2.24) is 10.2 Å². The zero-order chi connectivity index (χ0) is 22.1. The smallest absolute Gasteiger partial charge is 0.242 e. The van der Waals surface area contributed by atoms with Gasteiger partial charge in [0, 0.05) is 18.8 Å². The lowest BCUT2D eigenvalue weighted by Crippen LogP contribution is -2.49. The van der Waals surface area contributed by atoms with Crippen LogP contribution in [0.3, 0.4) is 0 Å². The van der Waals surface area contributed by atoms with Gasteiger partial charge in [0.25, 0.3) is 0 Å². The summed E-state index contributed by atoms with van der Waals surface area (Å²) in [6, 6.07) is 14.2. The first kappa shape index (κ1) is 24.0. The van der Waals surface area contributed by atoms with Gasteiger partial charge in [0.1, 0.15) is 6.04 Å². The minimum Gasteiger partial charge on any atom is -0.355 e. The molecule has 0 radical (unpaired) electrons. The molecule has 0 heterocycles. The van der Waals surface area contributed by atoms with Crippen molar-refractivity contribution in [2.45, 2.75) is 59.4 Å². The summed E-state index contributed by atoms with van der Waals surface area (Å²) in [5.41, 5.74) is 5.90. The highest BCUT2D eigenvalue weighted by Gasteiger charge is 2.28. The van der Waals surface area contributed by atoms with E-state index in [1.54, 1.807) is 16.7 Å². The number of hydrogen-bond donors (Lipinski definition) is 1. The molecule has 2 amide bonds. The second-order valence-electron chi connectivity index (χ2n) is 7.82. The van der Waals surface area contributed by atoms with Crippen LogP contribution in [0, 0.1) is 20.8 Å². The zero-order valence-corrected chi connectivity index (χ0v) is 19.6. The highest BCUT2D eigenvalue weighted by atomic mass is 32.2. The number of rotatable bonds is 10. The van der Waals surface area contributed by atoms with Crippen LogP contribution in [0.25, 0.3) is 0 Å². The molecule has 30 heavy (non-hydrogen) atoms. The monoisotopic (exact) mass is 426 g/mol. The molecule has 0 saturated carbocycles. The number of likely N-dealkylation sites (N-methyl/N-ethyl adjacent to an activating group) is 1. The van der Waals surface area contributed by atoms with Gasteiger partial charge in [0.15, 0.2) is 0 Å². The summed E-state index contributed by atoms with van der Waals surface area (Å²) in [4.78, 5) is 27.6. The maximum atomic E-state index is 13.2. The van der Waals surface area contributed by atoms with E-state index < -0.39 is 6.04 Å². The topological polar surface area (TPSA) is 49.4 Å². The van der Waals surface area contributed by atoms with Gasteiger partial charge in [-0.05, 0) is 45.2 Å². The number of carbonyl (C=O) groups is 2. The van der Waals surface area contributed by atoms with Crippen LogP contribution in [-0.4, -0.2) is 35.1 Å². The van der Waals surface area contributed by atoms with Crippen LogP contribution in [0.5, 0.6) is 0 Å². The number of amides is 2. The third-order valence-electron chi connectivity index (χ3n) is 4.95. The number of thioether (sulfide) groups is 1. The zero-order valence-electron chi connectivity index (χ0n) is 18.8. The number of aryl methyl sites for hydroxylation is 3. The predicted molar refractivity (Wildman–Crippen MR) is 127 cm³/mol. The maximum absolute atomic E-state index is 13.2. The molecular formula is C25H34N2O2S. The summed E-state index contributed by atoms with van der Waals surface area (Å²) in [6.45, 7) is 11.1. The molecule has 1 atom stereocenters. The summed E-state index contributed by atoms with van der Waals surface area (Å²) in [6.07, 6.45) is 0.588. The Morgan fingerprint density at radius 2 is 1.63 bits per heavy atom. The number of carbonyl (C=O) groups excluding carboxylic acids is 2. The van der Waals surface area contributed by atoms with Gasteiger partial charge in [0.05, 0.1) is 5.75 Å². The molecule has 0 spiro atoms. The van der Waals surface area contributed by atoms with Crippen molar-refractivity contribution < 1.29 is 9.59 Å². The third kappa shape index (κ3) is 7.21. The third-order valence-corrected chi connectivity index (χ3v) is 5.94. The molecule has 2 aromatic rings. The summed E-state index contributed by atoms with van der Waals surface area (Å²) < 4.78 is 0. The molecule has 0 aliphatic heterocycles. The molecule has 0 fully saturated rings. The van der Waals surface area contributed by atoms with Crippen LogP contribution in [0.15, 0.2) is 42.5 Å². The predicted octanol–water partition coefficient (Wildman–Crippen LogP) is 4.79. The summed E-state index contributed by atoms with van der Waals surface area (Å²) in [5.74, 6) is 1.06. The van der Waals surface area contributed by atoms with Crippen molar-refractivity contribution in [3.8, 4) is 0 Å². The van der Waals surface area contributed by atoms with Gasteiger partial charge in [-0.1, -0.05) is 66.1 Å². The molecule has 162 valence electrons. The summed E-state index contributed by atoms with van der Waals surface area (Å²) >= 11 is 1.60. The van der Waals surface area contributed by atoms with Crippen LogP contribution < -0.4 is 5.32 Å². The number of hydrogen-bond acceptors (Lipinski definition) is 3. The first-order chi connectivity index (χ1) is 14.3. The molecule has 5 heteroatoms. The lowest BCUT2D eigenvalue weighted by molar-refractivity contribution is -0.139. The molecule has 1 N–H and O–H groups in total. The Morgan fingerprint density at radius 3 is 2.23 bits per heavy atom. The lowest BCUT2D eigenvalue weighted by atomic mass is 10.1. The number of benzene rings is 2. The second kappa shape index (κ2) is 11.8. The molecule has 0 saturated heterocycles. The second-order valence-corrected chi connectivity index (χ2v) is 8.80. The Hall–Kier alpha value is -2.27. The molecule has 2 aromatic carbocycles. The van der Waals surface area contributed by atoms with Crippen LogP contribution in [-0.2, 0) is 21.9 Å². The highest BCUT2D eigenvalue weighted by molar-refractivity contribution is 7.99. The van der Waals surface area contributed by atoms with E-state index in [4.69, 9.17) is 0 Å². The van der Waals surface area contributed by atoms with Gasteiger partial charge in [-0.3, -0.25) is 9.59 Å². The lowest BCUT2D eigenvalue weighted by Gasteiger charge is -2.30. The number of nitrogens with one attached hydrogen (secondary N) is 1. The SMILES string of the molecule is CCNC(=O)C(CC)N(Cc1cccc(C)c1)C(=O)CSCc1cc(C)cc(C)c1. The van der Waals surface area contributed by atoms with Gasteiger partial charge < -0.3 is 10.2 Å². The molecule has 0 aromatic heterocycles.